The van der Waals surface area contributed by atoms with Crippen molar-refractivity contribution in [3.05, 3.63) is 11.6 Å². The van der Waals surface area contributed by atoms with Crippen LogP contribution in [-0.4, -0.2) is 47.8 Å². The smallest absolute Gasteiger partial charge is 0.256 e. The molecule has 0 saturated carbocycles. The number of likely N-dealkylation sites (tertiary alicyclic amines) is 1. The van der Waals surface area contributed by atoms with E-state index in [2.05, 4.69) is 4.90 Å². The van der Waals surface area contributed by atoms with Gasteiger partial charge in [-0.05, 0) is 45.8 Å². The molecule has 0 bridgehead atoms. The summed E-state index contributed by atoms with van der Waals surface area (Å²) < 4.78 is 0. The molecule has 2 aliphatic heterocycles. The van der Waals surface area contributed by atoms with Crippen LogP contribution in [0.3, 0.4) is 0 Å². The predicted molar refractivity (Wildman–Crippen MR) is 60.8 cm³/mol. The Morgan fingerprint density at radius 3 is 2.44 bits per heavy atom. The summed E-state index contributed by atoms with van der Waals surface area (Å²) in [7, 11) is 0. The van der Waals surface area contributed by atoms with E-state index >= 15 is 0 Å². The first-order chi connectivity index (χ1) is 7.68. The van der Waals surface area contributed by atoms with Crippen LogP contribution in [-0.2, 0) is 9.59 Å². The molecule has 0 aromatic rings. The molecule has 0 aromatic carbocycles. The average Bonchev–Trinajstić information content (AvgIpc) is 2.82. The Bertz CT molecular complexity index is 330. The summed E-state index contributed by atoms with van der Waals surface area (Å²) in [5.41, 5.74) is 0.561. The molecule has 2 amide bonds. The van der Waals surface area contributed by atoms with E-state index in [9.17, 15) is 9.59 Å². The van der Waals surface area contributed by atoms with Crippen molar-refractivity contribution in [2.75, 3.05) is 26.2 Å². The molecule has 0 aliphatic carbocycles. The van der Waals surface area contributed by atoms with Gasteiger partial charge < -0.3 is 4.90 Å². The number of nitrogens with zero attached hydrogens (tertiary/aromatic N) is 2. The van der Waals surface area contributed by atoms with Gasteiger partial charge in [-0.25, -0.2) is 0 Å². The van der Waals surface area contributed by atoms with Gasteiger partial charge in [-0.15, -0.1) is 0 Å². The fourth-order valence-electron chi connectivity index (χ4n) is 2.31. The largest absolute Gasteiger partial charge is 0.303 e. The highest BCUT2D eigenvalue weighted by Crippen LogP contribution is 2.13. The molecule has 0 radical (unpaired) electrons. The molecule has 0 spiro atoms. The van der Waals surface area contributed by atoms with Gasteiger partial charge in [0.15, 0.2) is 0 Å². The van der Waals surface area contributed by atoms with E-state index in [1.807, 2.05) is 0 Å². The van der Waals surface area contributed by atoms with Crippen LogP contribution >= 0.6 is 0 Å². The summed E-state index contributed by atoms with van der Waals surface area (Å²) in [4.78, 5) is 26.8. The van der Waals surface area contributed by atoms with Crippen molar-refractivity contribution in [3.63, 3.8) is 0 Å². The third kappa shape index (κ3) is 2.32. The normalized spacial score (nSPS) is 22.1. The number of rotatable bonds is 4. The van der Waals surface area contributed by atoms with E-state index in [4.69, 9.17) is 0 Å². The van der Waals surface area contributed by atoms with Gasteiger partial charge in [-0.2, -0.15) is 0 Å². The third-order valence-corrected chi connectivity index (χ3v) is 3.24. The number of imide groups is 1. The maximum Gasteiger partial charge on any atom is 0.256 e. The van der Waals surface area contributed by atoms with Gasteiger partial charge in [0.2, 0.25) is 0 Å². The zero-order valence-electron chi connectivity index (χ0n) is 9.74. The van der Waals surface area contributed by atoms with Crippen molar-refractivity contribution >= 4 is 11.8 Å². The number of hydrogen-bond acceptors (Lipinski definition) is 3. The van der Waals surface area contributed by atoms with E-state index in [-0.39, 0.29) is 11.8 Å². The number of amides is 2. The Morgan fingerprint density at radius 2 is 1.88 bits per heavy atom. The molecular weight excluding hydrogens is 204 g/mol. The Morgan fingerprint density at radius 1 is 1.19 bits per heavy atom. The van der Waals surface area contributed by atoms with Gasteiger partial charge in [0.05, 0.1) is 0 Å². The van der Waals surface area contributed by atoms with Crippen LogP contribution < -0.4 is 0 Å². The van der Waals surface area contributed by atoms with Gasteiger partial charge >= 0.3 is 0 Å². The minimum atomic E-state index is -0.149. The van der Waals surface area contributed by atoms with Crippen LogP contribution in [0, 0.1) is 0 Å². The highest BCUT2D eigenvalue weighted by molar-refractivity contribution is 6.15. The highest BCUT2D eigenvalue weighted by Gasteiger charge is 2.27. The quantitative estimate of drug-likeness (QED) is 0.660. The zero-order valence-corrected chi connectivity index (χ0v) is 9.74. The van der Waals surface area contributed by atoms with Gasteiger partial charge in [0.1, 0.15) is 0 Å². The molecule has 0 N–H and O–H groups in total. The van der Waals surface area contributed by atoms with E-state index < -0.39 is 0 Å². The van der Waals surface area contributed by atoms with Gasteiger partial charge in [0, 0.05) is 18.2 Å². The first-order valence-corrected chi connectivity index (χ1v) is 5.95. The van der Waals surface area contributed by atoms with E-state index in [0.717, 1.165) is 13.0 Å². The van der Waals surface area contributed by atoms with Crippen LogP contribution in [0.5, 0.6) is 0 Å². The highest BCUT2D eigenvalue weighted by atomic mass is 16.2. The van der Waals surface area contributed by atoms with Crippen LogP contribution in [0.25, 0.3) is 0 Å². The summed E-state index contributed by atoms with van der Waals surface area (Å²) in [6.07, 6.45) is 4.88. The lowest BCUT2D eigenvalue weighted by atomic mass is 10.3. The molecule has 0 unspecified atom stereocenters. The maximum absolute atomic E-state index is 11.6. The minimum absolute atomic E-state index is 0.119. The third-order valence-electron chi connectivity index (χ3n) is 3.24. The molecule has 2 heterocycles. The van der Waals surface area contributed by atoms with E-state index in [0.29, 0.717) is 12.1 Å². The van der Waals surface area contributed by atoms with Crippen molar-refractivity contribution in [1.82, 2.24) is 9.80 Å². The second-order valence-corrected chi connectivity index (χ2v) is 4.52. The molecule has 2 aliphatic rings. The maximum atomic E-state index is 11.6. The van der Waals surface area contributed by atoms with Crippen molar-refractivity contribution in [2.24, 2.45) is 0 Å². The average molecular weight is 222 g/mol. The summed E-state index contributed by atoms with van der Waals surface area (Å²) in [5.74, 6) is -0.268. The molecular formula is C12H18N2O2. The summed E-state index contributed by atoms with van der Waals surface area (Å²) in [6, 6.07) is 0. The molecule has 0 atom stereocenters. The van der Waals surface area contributed by atoms with Crippen LogP contribution in [0.2, 0.25) is 0 Å². The molecule has 4 heteroatoms. The molecule has 16 heavy (non-hydrogen) atoms. The standard InChI is InChI=1S/C12H18N2O2/c1-10-9-11(15)14(12(10)16)8-4-7-13-5-2-3-6-13/h9H,2-8H2,1H3. The predicted octanol–water partition coefficient (Wildman–Crippen LogP) is 0.787. The molecule has 2 rings (SSSR count). The first kappa shape index (κ1) is 11.3. The minimum Gasteiger partial charge on any atom is -0.303 e. The number of carbonyl (C=O) groups excluding carboxylic acids is 2. The summed E-state index contributed by atoms with van der Waals surface area (Å²) in [6.45, 7) is 5.58. The van der Waals surface area contributed by atoms with Crippen molar-refractivity contribution < 1.29 is 9.59 Å². The molecule has 1 saturated heterocycles. The monoisotopic (exact) mass is 222 g/mol. The second-order valence-electron chi connectivity index (χ2n) is 4.52. The zero-order chi connectivity index (χ0) is 11.5. The molecule has 0 aromatic heterocycles. The summed E-state index contributed by atoms with van der Waals surface area (Å²) in [5, 5.41) is 0. The van der Waals surface area contributed by atoms with Crippen LogP contribution in [0.4, 0.5) is 0 Å². The Labute approximate surface area is 95.9 Å². The number of carbonyl (C=O) groups is 2. The topological polar surface area (TPSA) is 40.6 Å². The Hall–Kier alpha value is -1.16. The van der Waals surface area contributed by atoms with E-state index in [1.165, 1.54) is 36.9 Å². The Balaban J connectivity index is 1.74. The SMILES string of the molecule is CC1=CC(=O)N(CCCN2CCCC2)C1=O. The van der Waals surface area contributed by atoms with Gasteiger partial charge in [-0.1, -0.05) is 0 Å². The lowest BCUT2D eigenvalue weighted by Crippen LogP contribution is -2.33. The lowest BCUT2D eigenvalue weighted by Gasteiger charge is -2.18. The Kier molecular flexibility index (Phi) is 3.39. The molecule has 4 nitrogen and oxygen atoms in total. The molecule has 1 fully saturated rings. The van der Waals surface area contributed by atoms with Crippen molar-refractivity contribution in [2.45, 2.75) is 26.2 Å². The van der Waals surface area contributed by atoms with Crippen LogP contribution in [0.15, 0.2) is 11.6 Å². The van der Waals surface area contributed by atoms with E-state index in [1.54, 1.807) is 6.92 Å². The van der Waals surface area contributed by atoms with Gasteiger partial charge in [0.25, 0.3) is 11.8 Å². The van der Waals surface area contributed by atoms with Crippen LogP contribution in [0.1, 0.15) is 26.2 Å². The fourth-order valence-corrected chi connectivity index (χ4v) is 2.31. The van der Waals surface area contributed by atoms with Crippen molar-refractivity contribution in [3.8, 4) is 0 Å². The second kappa shape index (κ2) is 4.78. The lowest BCUT2D eigenvalue weighted by molar-refractivity contribution is -0.137. The fraction of sp³-hybridized carbons (Fsp3) is 0.667. The summed E-state index contributed by atoms with van der Waals surface area (Å²) >= 11 is 0. The number of hydrogen-bond donors (Lipinski definition) is 0. The van der Waals surface area contributed by atoms with Crippen molar-refractivity contribution in [1.29, 1.82) is 0 Å². The van der Waals surface area contributed by atoms with Gasteiger partial charge in [-0.3, -0.25) is 14.5 Å². The first-order valence-electron chi connectivity index (χ1n) is 5.95. The molecule has 88 valence electrons.